The molecule has 2 amide bonds. The van der Waals surface area contributed by atoms with E-state index in [-0.39, 0.29) is 32.8 Å². The summed E-state index contributed by atoms with van der Waals surface area (Å²) < 4.78 is 5.30. The van der Waals surface area contributed by atoms with Crippen LogP contribution in [-0.2, 0) is 16.0 Å². The molecule has 10 heteroatoms. The van der Waals surface area contributed by atoms with Gasteiger partial charge in [-0.3, -0.25) is 19.3 Å². The van der Waals surface area contributed by atoms with Crippen LogP contribution in [0.25, 0.3) is 0 Å². The number of hydrogen-bond donors (Lipinski definition) is 0. The molecular formula is C24H22BrN5O4. The summed E-state index contributed by atoms with van der Waals surface area (Å²) in [5.41, 5.74) is 3.46. The van der Waals surface area contributed by atoms with Crippen molar-refractivity contribution in [3.05, 3.63) is 51.0 Å². The molecule has 0 saturated carbocycles. The largest absolute Gasteiger partial charge is 0.466 e. The molecule has 34 heavy (non-hydrogen) atoms. The first-order valence-corrected chi connectivity index (χ1v) is 11.7. The van der Waals surface area contributed by atoms with Crippen LogP contribution in [0.2, 0.25) is 0 Å². The third-order valence-electron chi connectivity index (χ3n) is 5.85. The Balaban J connectivity index is 1.60. The van der Waals surface area contributed by atoms with Gasteiger partial charge in [-0.1, -0.05) is 0 Å². The Hall–Kier alpha value is -3.58. The Kier molecular flexibility index (Phi) is 6.75. The summed E-state index contributed by atoms with van der Waals surface area (Å²) in [4.78, 5) is 39.7. The molecule has 9 nitrogen and oxygen atoms in total. The first kappa shape index (κ1) is 23.6. The highest BCUT2D eigenvalue weighted by molar-refractivity contribution is 9.10. The lowest BCUT2D eigenvalue weighted by Crippen LogP contribution is -2.31. The number of carbonyl (C=O) groups excluding carboxylic acids is 3. The number of esters is 1. The summed E-state index contributed by atoms with van der Waals surface area (Å²) in [5.74, 6) is -1.12. The van der Waals surface area contributed by atoms with E-state index in [1.54, 1.807) is 6.92 Å². The molecule has 2 aliphatic rings. The fourth-order valence-corrected chi connectivity index (χ4v) is 4.84. The molecule has 0 saturated heterocycles. The number of imide groups is 1. The van der Waals surface area contributed by atoms with Crippen LogP contribution < -0.4 is 4.90 Å². The van der Waals surface area contributed by atoms with E-state index in [0.29, 0.717) is 25.3 Å². The molecule has 0 aliphatic carbocycles. The van der Waals surface area contributed by atoms with Gasteiger partial charge in [-0.15, -0.1) is 5.11 Å². The summed E-state index contributed by atoms with van der Waals surface area (Å²) in [6, 6.07) is 9.12. The quantitative estimate of drug-likeness (QED) is 0.308. The van der Waals surface area contributed by atoms with Crippen molar-refractivity contribution in [3.63, 3.8) is 0 Å². The molecule has 2 heterocycles. The van der Waals surface area contributed by atoms with Crippen LogP contribution in [0.3, 0.4) is 0 Å². The van der Waals surface area contributed by atoms with Crippen molar-refractivity contribution in [3.8, 4) is 6.07 Å². The predicted octanol–water partition coefficient (Wildman–Crippen LogP) is 4.67. The second-order valence-electron chi connectivity index (χ2n) is 7.95. The maximum Gasteiger partial charge on any atom is 0.307 e. The lowest BCUT2D eigenvalue weighted by molar-refractivity contribution is -0.142. The van der Waals surface area contributed by atoms with Crippen molar-refractivity contribution < 1.29 is 19.1 Å². The zero-order valence-electron chi connectivity index (χ0n) is 18.8. The predicted molar refractivity (Wildman–Crippen MR) is 128 cm³/mol. The van der Waals surface area contributed by atoms with Crippen LogP contribution >= 0.6 is 15.9 Å². The lowest BCUT2D eigenvalue weighted by Gasteiger charge is -2.31. The van der Waals surface area contributed by atoms with Gasteiger partial charge >= 0.3 is 5.97 Å². The standard InChI is InChI=1S/C24H22BrN5O4/c1-3-34-19(31)8-10-30-9-4-5-14-11-16(6-7-18(14)30)27-28-22-15(13-26)12-17-20(21(22)25)24(33)29(2)23(17)32/h6-7,11-12H,3-5,8-10H2,1-2H3. The van der Waals surface area contributed by atoms with Gasteiger partial charge in [0.2, 0.25) is 0 Å². The van der Waals surface area contributed by atoms with E-state index in [1.807, 2.05) is 24.3 Å². The fraction of sp³-hybridized carbons (Fsp3) is 0.333. The van der Waals surface area contributed by atoms with Crippen molar-refractivity contribution in [2.75, 3.05) is 31.6 Å². The molecule has 2 aliphatic heterocycles. The number of fused-ring (bicyclic) bond motifs is 2. The molecule has 0 atom stereocenters. The minimum absolute atomic E-state index is 0.147. The number of nitriles is 1. The van der Waals surface area contributed by atoms with Gasteiger partial charge in [0, 0.05) is 25.8 Å². The van der Waals surface area contributed by atoms with Gasteiger partial charge in [0.25, 0.3) is 11.8 Å². The summed E-state index contributed by atoms with van der Waals surface area (Å²) >= 11 is 3.35. The molecule has 0 fully saturated rings. The van der Waals surface area contributed by atoms with Crippen LogP contribution in [0.1, 0.15) is 51.6 Å². The van der Waals surface area contributed by atoms with Gasteiger partial charge in [-0.25, -0.2) is 0 Å². The fourth-order valence-electron chi connectivity index (χ4n) is 4.16. The van der Waals surface area contributed by atoms with Gasteiger partial charge in [0.05, 0.1) is 39.9 Å². The van der Waals surface area contributed by atoms with E-state index < -0.39 is 11.8 Å². The number of nitrogens with zero attached hydrogens (tertiary/aromatic N) is 5. The van der Waals surface area contributed by atoms with Crippen LogP contribution in [0.15, 0.2) is 39.0 Å². The maximum atomic E-state index is 12.5. The molecule has 0 aromatic heterocycles. The van der Waals surface area contributed by atoms with Crippen LogP contribution in [0, 0.1) is 11.3 Å². The molecule has 4 rings (SSSR count). The summed E-state index contributed by atoms with van der Waals surface area (Å²) in [5, 5.41) is 18.1. The number of benzene rings is 2. The molecule has 0 bridgehead atoms. The first-order chi connectivity index (χ1) is 16.3. The van der Waals surface area contributed by atoms with E-state index in [0.717, 1.165) is 35.5 Å². The summed E-state index contributed by atoms with van der Waals surface area (Å²) in [7, 11) is 1.40. The lowest BCUT2D eigenvalue weighted by atomic mass is 10.0. The van der Waals surface area contributed by atoms with Crippen LogP contribution in [0.4, 0.5) is 17.1 Å². The molecule has 2 aromatic rings. The number of rotatable bonds is 6. The van der Waals surface area contributed by atoms with Crippen LogP contribution in [-0.4, -0.2) is 49.4 Å². The zero-order valence-corrected chi connectivity index (χ0v) is 20.4. The third-order valence-corrected chi connectivity index (χ3v) is 6.62. The SMILES string of the molecule is CCOC(=O)CCN1CCCc2cc(N=Nc3c(C#N)cc4c(c3Br)C(=O)N(C)C4=O)ccc21. The smallest absolute Gasteiger partial charge is 0.307 e. The Morgan fingerprint density at radius 3 is 2.76 bits per heavy atom. The van der Waals surface area contributed by atoms with E-state index in [2.05, 4.69) is 31.1 Å². The second-order valence-corrected chi connectivity index (χ2v) is 8.74. The number of carbonyl (C=O) groups is 3. The highest BCUT2D eigenvalue weighted by Gasteiger charge is 2.37. The molecule has 0 N–H and O–H groups in total. The topological polar surface area (TPSA) is 115 Å². The molecule has 0 spiro atoms. The highest BCUT2D eigenvalue weighted by atomic mass is 79.9. The highest BCUT2D eigenvalue weighted by Crippen LogP contribution is 2.40. The van der Waals surface area contributed by atoms with E-state index in [1.165, 1.54) is 13.1 Å². The van der Waals surface area contributed by atoms with Gasteiger partial charge in [0.15, 0.2) is 0 Å². The van der Waals surface area contributed by atoms with Crippen molar-refractivity contribution in [1.82, 2.24) is 4.90 Å². The van der Waals surface area contributed by atoms with Crippen molar-refractivity contribution in [2.45, 2.75) is 26.2 Å². The number of halogens is 1. The minimum atomic E-state index is -0.456. The first-order valence-electron chi connectivity index (χ1n) is 10.9. The number of ether oxygens (including phenoxy) is 1. The summed E-state index contributed by atoms with van der Waals surface area (Å²) in [6.45, 7) is 3.61. The monoisotopic (exact) mass is 523 g/mol. The van der Waals surface area contributed by atoms with Gasteiger partial charge in [-0.2, -0.15) is 10.4 Å². The van der Waals surface area contributed by atoms with Gasteiger partial charge < -0.3 is 9.64 Å². The number of azo groups is 1. The third kappa shape index (κ3) is 4.31. The van der Waals surface area contributed by atoms with Crippen molar-refractivity contribution >= 4 is 50.8 Å². The minimum Gasteiger partial charge on any atom is -0.466 e. The van der Waals surface area contributed by atoms with Crippen LogP contribution in [0.5, 0.6) is 0 Å². The number of anilines is 1. The molecule has 0 radical (unpaired) electrons. The Labute approximate surface area is 205 Å². The van der Waals surface area contributed by atoms with E-state index in [9.17, 15) is 19.6 Å². The number of amides is 2. The Morgan fingerprint density at radius 1 is 1.24 bits per heavy atom. The maximum absolute atomic E-state index is 12.5. The van der Waals surface area contributed by atoms with E-state index in [4.69, 9.17) is 4.74 Å². The number of hydrogen-bond acceptors (Lipinski definition) is 8. The summed E-state index contributed by atoms with van der Waals surface area (Å²) in [6.07, 6.45) is 2.16. The molecular weight excluding hydrogens is 502 g/mol. The molecule has 174 valence electrons. The molecule has 2 aromatic carbocycles. The Morgan fingerprint density at radius 2 is 2.03 bits per heavy atom. The van der Waals surface area contributed by atoms with Crippen molar-refractivity contribution in [2.24, 2.45) is 10.2 Å². The van der Waals surface area contributed by atoms with E-state index >= 15 is 0 Å². The average molecular weight is 524 g/mol. The second kappa shape index (κ2) is 9.73. The average Bonchev–Trinajstić information content (AvgIpc) is 3.05. The van der Waals surface area contributed by atoms with Gasteiger partial charge in [0.1, 0.15) is 11.8 Å². The zero-order chi connectivity index (χ0) is 24.4. The van der Waals surface area contributed by atoms with Crippen molar-refractivity contribution in [1.29, 1.82) is 5.26 Å². The van der Waals surface area contributed by atoms with Gasteiger partial charge in [-0.05, 0) is 65.5 Å². The Bertz CT molecular complexity index is 1270. The molecule has 0 unspecified atom stereocenters. The number of aryl methyl sites for hydroxylation is 1. The normalized spacial score (nSPS) is 14.9.